The number of hydrogen-bond donors (Lipinski definition) is 3. The molecule has 1 saturated carbocycles. The molecule has 3 aliphatic rings. The van der Waals surface area contributed by atoms with Gasteiger partial charge in [-0.25, -0.2) is 5.21 Å². The third-order valence-electron chi connectivity index (χ3n) is 6.75. The zero-order chi connectivity index (χ0) is 21.3. The Hall–Kier alpha value is -3.20. The number of piperazine rings is 1. The van der Waals surface area contributed by atoms with Crippen LogP contribution in [0.2, 0.25) is 0 Å². The SMILES string of the molecule is O=C1[C@@H]2Cc3c([nH]c4ccccc34)C(c3ccc([NH+]([O-])O)cc3)N2C(=O)CN1C1CC1. The van der Waals surface area contributed by atoms with E-state index in [1.807, 2.05) is 24.3 Å². The van der Waals surface area contributed by atoms with Crippen LogP contribution in [-0.2, 0) is 16.0 Å². The number of rotatable bonds is 3. The second-order valence-electron chi connectivity index (χ2n) is 8.61. The van der Waals surface area contributed by atoms with E-state index in [0.29, 0.717) is 6.42 Å². The predicted molar refractivity (Wildman–Crippen MR) is 111 cm³/mol. The maximum absolute atomic E-state index is 13.4. The van der Waals surface area contributed by atoms with Crippen LogP contribution in [0.25, 0.3) is 10.9 Å². The molecule has 8 nitrogen and oxygen atoms in total. The highest BCUT2D eigenvalue weighted by molar-refractivity contribution is 5.98. The van der Waals surface area contributed by atoms with E-state index in [2.05, 4.69) is 4.98 Å². The number of carbonyl (C=O) groups excluding carboxylic acids is 2. The van der Waals surface area contributed by atoms with Crippen LogP contribution in [0.5, 0.6) is 0 Å². The van der Waals surface area contributed by atoms with Crippen LogP contribution in [0.4, 0.5) is 5.69 Å². The number of aromatic nitrogens is 1. The zero-order valence-electron chi connectivity index (χ0n) is 16.7. The quantitative estimate of drug-likeness (QED) is 0.560. The van der Waals surface area contributed by atoms with Crippen LogP contribution in [-0.4, -0.2) is 50.4 Å². The van der Waals surface area contributed by atoms with Crippen LogP contribution in [0.1, 0.15) is 35.7 Å². The minimum absolute atomic E-state index is 0.0187. The number of H-pyrrole nitrogens is 1. The third-order valence-corrected chi connectivity index (χ3v) is 6.75. The van der Waals surface area contributed by atoms with Crippen molar-refractivity contribution in [1.29, 1.82) is 0 Å². The van der Waals surface area contributed by atoms with Gasteiger partial charge in [0.25, 0.3) is 0 Å². The zero-order valence-corrected chi connectivity index (χ0v) is 16.7. The summed E-state index contributed by atoms with van der Waals surface area (Å²) in [6.07, 6.45) is 2.41. The van der Waals surface area contributed by atoms with Crippen molar-refractivity contribution in [2.24, 2.45) is 0 Å². The minimum Gasteiger partial charge on any atom is -0.595 e. The lowest BCUT2D eigenvalue weighted by molar-refractivity contribution is -0.991. The van der Waals surface area contributed by atoms with Gasteiger partial charge in [0.15, 0.2) is 5.69 Å². The lowest BCUT2D eigenvalue weighted by Crippen LogP contribution is -2.99. The highest BCUT2D eigenvalue weighted by Gasteiger charge is 2.50. The molecule has 0 radical (unpaired) electrons. The molecule has 2 aromatic carbocycles. The molecule has 3 aromatic rings. The number of nitrogens with zero attached hydrogens (tertiary/aromatic N) is 2. The van der Waals surface area contributed by atoms with Crippen molar-refractivity contribution < 1.29 is 20.0 Å². The summed E-state index contributed by atoms with van der Waals surface area (Å²) in [7, 11) is 0. The fraction of sp³-hybridized carbons (Fsp3) is 0.304. The highest BCUT2D eigenvalue weighted by Crippen LogP contribution is 2.43. The number of hydrogen-bond acceptors (Lipinski definition) is 4. The molecule has 1 aromatic heterocycles. The molecule has 0 bridgehead atoms. The van der Waals surface area contributed by atoms with Crippen molar-refractivity contribution in [3.05, 3.63) is 70.6 Å². The Bertz CT molecular complexity index is 1200. The number of benzene rings is 2. The number of fused-ring (bicyclic) bond motifs is 4. The molecule has 3 atom stereocenters. The van der Waals surface area contributed by atoms with Crippen molar-refractivity contribution >= 4 is 28.4 Å². The molecule has 1 aliphatic carbocycles. The van der Waals surface area contributed by atoms with Gasteiger partial charge in [-0.15, -0.1) is 0 Å². The topological polar surface area (TPSA) is 104 Å². The molecule has 2 aliphatic heterocycles. The third kappa shape index (κ3) is 2.79. The van der Waals surface area contributed by atoms with Crippen molar-refractivity contribution in [2.75, 3.05) is 6.54 Å². The van der Waals surface area contributed by atoms with Gasteiger partial charge in [0, 0.05) is 41.2 Å². The summed E-state index contributed by atoms with van der Waals surface area (Å²) >= 11 is 0. The largest absolute Gasteiger partial charge is 0.595 e. The van der Waals surface area contributed by atoms with E-state index in [1.165, 1.54) is 0 Å². The van der Waals surface area contributed by atoms with E-state index in [0.717, 1.165) is 40.6 Å². The fourth-order valence-electron chi connectivity index (χ4n) is 5.14. The van der Waals surface area contributed by atoms with E-state index in [-0.39, 0.29) is 30.1 Å². The Morgan fingerprint density at radius 3 is 2.52 bits per heavy atom. The Morgan fingerprint density at radius 2 is 1.81 bits per heavy atom. The van der Waals surface area contributed by atoms with Gasteiger partial charge < -0.3 is 20.0 Å². The van der Waals surface area contributed by atoms with Crippen molar-refractivity contribution in [3.63, 3.8) is 0 Å². The normalized spacial score (nSPS) is 24.3. The number of amides is 2. The van der Waals surface area contributed by atoms with Crippen LogP contribution >= 0.6 is 0 Å². The lowest BCUT2D eigenvalue weighted by Gasteiger charge is -2.47. The second-order valence-corrected chi connectivity index (χ2v) is 8.61. The number of aromatic amines is 1. The van der Waals surface area contributed by atoms with Gasteiger partial charge in [-0.1, -0.05) is 30.3 Å². The van der Waals surface area contributed by atoms with Gasteiger partial charge in [-0.2, -0.15) is 5.23 Å². The monoisotopic (exact) mass is 418 g/mol. The molecule has 158 valence electrons. The molecule has 31 heavy (non-hydrogen) atoms. The second kappa shape index (κ2) is 6.65. The van der Waals surface area contributed by atoms with Gasteiger partial charge in [0.2, 0.25) is 11.8 Å². The molecular formula is C23H22N4O4. The van der Waals surface area contributed by atoms with Crippen molar-refractivity contribution in [1.82, 2.24) is 14.8 Å². The first kappa shape index (κ1) is 18.6. The first-order chi connectivity index (χ1) is 15.0. The van der Waals surface area contributed by atoms with Gasteiger partial charge >= 0.3 is 0 Å². The highest BCUT2D eigenvalue weighted by atomic mass is 16.8. The molecule has 2 fully saturated rings. The summed E-state index contributed by atoms with van der Waals surface area (Å²) in [6, 6.07) is 13.8. The molecular weight excluding hydrogens is 396 g/mol. The first-order valence-corrected chi connectivity index (χ1v) is 10.6. The van der Waals surface area contributed by atoms with Crippen molar-refractivity contribution in [2.45, 2.75) is 37.4 Å². The summed E-state index contributed by atoms with van der Waals surface area (Å²) in [5.74, 6) is -0.0432. The van der Waals surface area contributed by atoms with Crippen LogP contribution in [0, 0.1) is 5.21 Å². The Labute approximate surface area is 178 Å². The summed E-state index contributed by atoms with van der Waals surface area (Å²) in [5.41, 5.74) is 3.92. The Balaban J connectivity index is 1.52. The van der Waals surface area contributed by atoms with Crippen LogP contribution in [0.15, 0.2) is 48.5 Å². The van der Waals surface area contributed by atoms with Crippen molar-refractivity contribution in [3.8, 4) is 0 Å². The molecule has 3 N–H and O–H groups in total. The van der Waals surface area contributed by atoms with Crippen LogP contribution < -0.4 is 5.23 Å². The van der Waals surface area contributed by atoms with Gasteiger partial charge in [-0.3, -0.25) is 9.59 Å². The Morgan fingerprint density at radius 1 is 1.06 bits per heavy atom. The number of carbonyl (C=O) groups is 2. The predicted octanol–water partition coefficient (Wildman–Crippen LogP) is 1.42. The molecule has 2 amide bonds. The average Bonchev–Trinajstić information content (AvgIpc) is 3.55. The number of nitrogens with one attached hydrogen (secondary N) is 2. The molecule has 3 heterocycles. The molecule has 2 unspecified atom stereocenters. The standard InChI is InChI=1S/C23H22N4O4/c28-20-12-25(14-9-10-14)23(29)19-11-17-16-3-1-2-4-18(16)24-21(17)22(26(19)20)13-5-7-15(8-6-13)27(30)31/h1-8,14,19,22,24,27,30H,9-12H2/t19-,22?/m0/s1. The number of para-hydroxylation sites is 1. The van der Waals surface area contributed by atoms with Crippen LogP contribution in [0.3, 0.4) is 0 Å². The molecule has 1 saturated heterocycles. The molecule has 0 spiro atoms. The Kier molecular flexibility index (Phi) is 3.98. The van der Waals surface area contributed by atoms with E-state index < -0.39 is 17.3 Å². The summed E-state index contributed by atoms with van der Waals surface area (Å²) in [4.78, 5) is 33.7. The average molecular weight is 418 g/mol. The number of quaternary nitrogens is 1. The first-order valence-electron chi connectivity index (χ1n) is 10.6. The van der Waals surface area contributed by atoms with E-state index >= 15 is 0 Å². The maximum atomic E-state index is 13.4. The smallest absolute Gasteiger partial charge is 0.246 e. The summed E-state index contributed by atoms with van der Waals surface area (Å²) < 4.78 is 0. The summed E-state index contributed by atoms with van der Waals surface area (Å²) in [5, 5.41) is 20.6. The lowest BCUT2D eigenvalue weighted by atomic mass is 9.86. The summed E-state index contributed by atoms with van der Waals surface area (Å²) in [6.45, 7) is 0.110. The van der Waals surface area contributed by atoms with Gasteiger partial charge in [-0.05, 0) is 30.0 Å². The maximum Gasteiger partial charge on any atom is 0.246 e. The van der Waals surface area contributed by atoms with E-state index in [4.69, 9.17) is 0 Å². The minimum atomic E-state index is -0.997. The van der Waals surface area contributed by atoms with Gasteiger partial charge in [0.1, 0.15) is 12.6 Å². The van der Waals surface area contributed by atoms with E-state index in [1.54, 1.807) is 34.1 Å². The van der Waals surface area contributed by atoms with E-state index in [9.17, 15) is 20.0 Å². The molecule has 6 rings (SSSR count). The fourth-order valence-corrected chi connectivity index (χ4v) is 5.14. The van der Waals surface area contributed by atoms with Gasteiger partial charge in [0.05, 0.1) is 6.04 Å². The molecule has 8 heteroatoms.